The molecule has 0 bridgehead atoms. The first-order valence-electron chi connectivity index (χ1n) is 0.697. The van der Waals surface area contributed by atoms with Crippen molar-refractivity contribution >= 4 is 12.9 Å². The first-order chi connectivity index (χ1) is 2.41. The van der Waals surface area contributed by atoms with E-state index in [1.807, 2.05) is 6.79 Å². The Morgan fingerprint density at radius 2 is 1.14 bits per heavy atom. The smallest absolute Gasteiger partial charge is 0.344 e. The molecule has 0 atom stereocenters. The molecule has 0 aromatic rings. The van der Waals surface area contributed by atoms with E-state index in [9.17, 15) is 0 Å². The van der Waals surface area contributed by atoms with Gasteiger partial charge in [0, 0.05) is 0 Å². The van der Waals surface area contributed by atoms with Crippen LogP contribution in [0.4, 0.5) is 0 Å². The van der Waals surface area contributed by atoms with Crippen LogP contribution in [-0.4, -0.2) is 12.9 Å². The predicted octanol–water partition coefficient (Wildman–Crippen LogP) is 0.0297. The normalized spacial score (nSPS) is 1.71. The summed E-state index contributed by atoms with van der Waals surface area (Å²) in [6.45, 7) is 2.00. The Hall–Kier alpha value is -0.990. The lowest BCUT2D eigenvalue weighted by Gasteiger charge is -0.945. The second kappa shape index (κ2) is 806000. The lowest BCUT2D eigenvalue weighted by molar-refractivity contribution is -0.191. The van der Waals surface area contributed by atoms with Crippen LogP contribution in [0.2, 0.25) is 0 Å². The van der Waals surface area contributed by atoms with Crippen LogP contribution in [0.3, 0.4) is 0 Å². The fourth-order valence-corrected chi connectivity index (χ4v) is 0. The van der Waals surface area contributed by atoms with E-state index in [2.05, 4.69) is 0 Å². The molecular weight excluding hydrogens is 98.0 g/mol. The number of hydrogen-bond donors (Lipinski definition) is 1. The molecule has 0 aliphatic carbocycles. The summed E-state index contributed by atoms with van der Waals surface area (Å²) in [6, 6.07) is 0. The monoisotopic (exact) mass is 107 g/mol. The Morgan fingerprint density at radius 3 is 1.14 bits per heavy atom. The number of rotatable bonds is 0. The molecule has 4 heteroatoms. The van der Waals surface area contributed by atoms with Gasteiger partial charge in [-0.05, 0) is 0 Å². The lowest BCUT2D eigenvalue weighted by Crippen LogP contribution is -1.22. The third-order valence-corrected chi connectivity index (χ3v) is 0. The maximum Gasteiger partial charge on any atom is 0.373 e. The summed E-state index contributed by atoms with van der Waals surface area (Å²) < 4.78 is 0. The molecule has 0 spiro atoms. The average Bonchev–Trinajstić information content (AvgIpc) is 1.46. The van der Waals surface area contributed by atoms with Crippen molar-refractivity contribution in [2.45, 2.75) is 7.43 Å². The molecule has 0 saturated carbocycles. The van der Waals surface area contributed by atoms with E-state index in [4.69, 9.17) is 14.4 Å². The Morgan fingerprint density at radius 1 is 1.14 bits per heavy atom. The van der Waals surface area contributed by atoms with Gasteiger partial charge in [0.2, 0.25) is 0 Å². The van der Waals surface area contributed by atoms with E-state index in [0.717, 1.165) is 0 Å². The maximum atomic E-state index is 8.12. The van der Waals surface area contributed by atoms with E-state index >= 15 is 0 Å². The van der Waals surface area contributed by atoms with Crippen LogP contribution in [0.25, 0.3) is 0 Å². The average molecular weight is 107 g/mol. The van der Waals surface area contributed by atoms with Gasteiger partial charge >= 0.3 is 6.15 Å². The van der Waals surface area contributed by atoms with E-state index in [1.165, 1.54) is 0 Å². The highest BCUT2D eigenvalue weighted by Crippen LogP contribution is 0.787. The van der Waals surface area contributed by atoms with Crippen LogP contribution >= 0.6 is 0 Å². The van der Waals surface area contributed by atoms with Crippen LogP contribution in [0.5, 0.6) is 0 Å². The summed E-state index contributed by atoms with van der Waals surface area (Å²) in [6.07, 6.45) is 0.250. The van der Waals surface area contributed by atoms with Crippen LogP contribution in [-0.2, 0) is 14.4 Å². The molecule has 0 rings (SSSR count). The highest BCUT2D eigenvalue weighted by molar-refractivity contribution is 5.20. The molecule has 4 nitrogen and oxygen atoms in total. The minimum atomic E-state index is 0. The van der Waals surface area contributed by atoms with Crippen molar-refractivity contribution in [2.75, 3.05) is 0 Å². The van der Waals surface area contributed by atoms with E-state index in [-0.39, 0.29) is 19.7 Å². The summed E-state index contributed by atoms with van der Waals surface area (Å²) in [5, 5.41) is 0. The zero-order valence-electron chi connectivity index (χ0n) is 3.14. The summed E-state index contributed by atoms with van der Waals surface area (Å²) in [5.41, 5.74) is 0. The SMILES string of the molecule is C.C=O.N.O=C=O. The Bertz CT molecular complexity index is 39.4. The van der Waals surface area contributed by atoms with E-state index in [1.54, 1.807) is 0 Å². The van der Waals surface area contributed by atoms with Crippen LogP contribution in [0.15, 0.2) is 0 Å². The summed E-state index contributed by atoms with van der Waals surface area (Å²) in [7, 11) is 0. The largest absolute Gasteiger partial charge is 0.373 e. The molecular formula is C3H9NO3. The van der Waals surface area contributed by atoms with Crippen molar-refractivity contribution in [1.29, 1.82) is 0 Å². The fraction of sp³-hybridized carbons (Fsp3) is 0.333. The highest BCUT2D eigenvalue weighted by atomic mass is 16.2. The van der Waals surface area contributed by atoms with Crippen LogP contribution < -0.4 is 6.15 Å². The van der Waals surface area contributed by atoms with Gasteiger partial charge in [0.1, 0.15) is 6.79 Å². The lowest BCUT2D eigenvalue weighted by atomic mass is 11.8. The van der Waals surface area contributed by atoms with Crippen molar-refractivity contribution in [1.82, 2.24) is 6.15 Å². The van der Waals surface area contributed by atoms with Gasteiger partial charge in [0.15, 0.2) is 0 Å². The van der Waals surface area contributed by atoms with Crippen LogP contribution in [0.1, 0.15) is 7.43 Å². The fourth-order valence-electron chi connectivity index (χ4n) is 0. The third kappa shape index (κ3) is 46.3. The van der Waals surface area contributed by atoms with Gasteiger partial charge in [-0.1, -0.05) is 7.43 Å². The van der Waals surface area contributed by atoms with Crippen molar-refractivity contribution in [2.24, 2.45) is 0 Å². The Balaban J connectivity index is -0.0000000105. The quantitative estimate of drug-likeness (QED) is 0.473. The van der Waals surface area contributed by atoms with Gasteiger partial charge in [0.05, 0.1) is 0 Å². The van der Waals surface area contributed by atoms with Gasteiger partial charge in [-0.3, -0.25) is 0 Å². The molecule has 0 saturated heterocycles. The van der Waals surface area contributed by atoms with E-state index < -0.39 is 0 Å². The highest BCUT2D eigenvalue weighted by Gasteiger charge is 1.13. The van der Waals surface area contributed by atoms with Gasteiger partial charge < -0.3 is 10.9 Å². The van der Waals surface area contributed by atoms with Gasteiger partial charge in [0.25, 0.3) is 0 Å². The van der Waals surface area contributed by atoms with E-state index in [0.29, 0.717) is 0 Å². The first-order valence-corrected chi connectivity index (χ1v) is 0.697. The number of carbonyl (C=O) groups excluding carboxylic acids is 3. The van der Waals surface area contributed by atoms with Crippen molar-refractivity contribution in [3.8, 4) is 0 Å². The standard InChI is InChI=1S/CO2.CH2O.CH4.H3N/c2-1-3;1-2;;/h;1H2;1H4;1H3. The van der Waals surface area contributed by atoms with Gasteiger partial charge in [-0.2, -0.15) is 9.59 Å². The molecule has 0 unspecified atom stereocenters. The van der Waals surface area contributed by atoms with Crippen molar-refractivity contribution in [3.63, 3.8) is 0 Å². The Labute approximate surface area is 42.1 Å². The predicted molar refractivity (Wildman–Crippen MR) is 23.9 cm³/mol. The molecule has 0 aliphatic heterocycles. The van der Waals surface area contributed by atoms with Crippen LogP contribution in [0, 0.1) is 0 Å². The molecule has 7 heavy (non-hydrogen) atoms. The summed E-state index contributed by atoms with van der Waals surface area (Å²) in [4.78, 5) is 24.2. The second-order valence-corrected chi connectivity index (χ2v) is 0.0833. The molecule has 0 radical (unpaired) electrons. The second-order valence-electron chi connectivity index (χ2n) is 0.0833. The van der Waals surface area contributed by atoms with Crippen molar-refractivity contribution < 1.29 is 14.4 Å². The zero-order valence-corrected chi connectivity index (χ0v) is 3.14. The third-order valence-electron chi connectivity index (χ3n) is 0. The summed E-state index contributed by atoms with van der Waals surface area (Å²) >= 11 is 0. The molecule has 0 aromatic heterocycles. The molecule has 0 fully saturated rings. The van der Waals surface area contributed by atoms with Gasteiger partial charge in [-0.15, -0.1) is 0 Å². The van der Waals surface area contributed by atoms with Gasteiger partial charge in [-0.25, -0.2) is 0 Å². The number of carbonyl (C=O) groups is 1. The topological polar surface area (TPSA) is 86.2 Å². The zero-order chi connectivity index (χ0) is 4.71. The molecule has 44 valence electrons. The minimum absolute atomic E-state index is 0. The molecule has 3 N–H and O–H groups in total. The minimum Gasteiger partial charge on any atom is -0.344 e. The number of hydrogen-bond acceptors (Lipinski definition) is 4. The molecule has 0 aliphatic rings. The Kier molecular flexibility index (Phi) is 4300000. The molecule has 0 aromatic carbocycles. The van der Waals surface area contributed by atoms with Crippen molar-refractivity contribution in [3.05, 3.63) is 0 Å². The maximum absolute atomic E-state index is 8.12. The molecule has 0 amide bonds. The first kappa shape index (κ1) is 37.3. The summed E-state index contributed by atoms with van der Waals surface area (Å²) in [5.74, 6) is 0. The molecule has 0 heterocycles.